The molecule has 3 nitrogen and oxygen atoms in total. The van der Waals surface area contributed by atoms with Gasteiger partial charge >= 0.3 is 0 Å². The molecule has 0 spiro atoms. The predicted molar refractivity (Wildman–Crippen MR) is 77.9 cm³/mol. The van der Waals surface area contributed by atoms with Crippen LogP contribution in [0.3, 0.4) is 0 Å². The lowest BCUT2D eigenvalue weighted by molar-refractivity contribution is -0.126. The molecule has 0 aliphatic rings. The maximum atomic E-state index is 12.1. The van der Waals surface area contributed by atoms with Crippen LogP contribution in [-0.4, -0.2) is 17.4 Å². The maximum Gasteiger partial charge on any atom is 0.247 e. The summed E-state index contributed by atoms with van der Waals surface area (Å²) in [7, 11) is 0. The van der Waals surface area contributed by atoms with Gasteiger partial charge in [0.1, 0.15) is 11.5 Å². The van der Waals surface area contributed by atoms with Crippen molar-refractivity contribution in [3.8, 4) is 0 Å². The number of rotatable bonds is 5. The zero-order valence-electron chi connectivity index (χ0n) is 11.1. The molecule has 0 radical (unpaired) electrons. The van der Waals surface area contributed by atoms with E-state index in [1.165, 1.54) is 4.88 Å². The van der Waals surface area contributed by atoms with Gasteiger partial charge in [-0.15, -0.1) is 11.3 Å². The molecule has 0 fully saturated rings. The summed E-state index contributed by atoms with van der Waals surface area (Å²) in [6, 6.07) is 7.78. The van der Waals surface area contributed by atoms with E-state index in [-0.39, 0.29) is 5.91 Å². The molecule has 0 atom stereocenters. The van der Waals surface area contributed by atoms with Crippen molar-refractivity contribution < 1.29 is 9.21 Å². The first-order chi connectivity index (χ1) is 9.19. The minimum atomic E-state index is 0.00459. The lowest BCUT2D eigenvalue weighted by Gasteiger charge is -2.17. The van der Waals surface area contributed by atoms with Crippen LogP contribution in [0.5, 0.6) is 0 Å². The van der Waals surface area contributed by atoms with Crippen LogP contribution >= 0.6 is 11.3 Å². The highest BCUT2D eigenvalue weighted by atomic mass is 32.1. The highest BCUT2D eigenvalue weighted by molar-refractivity contribution is 7.09. The lowest BCUT2D eigenvalue weighted by atomic mass is 10.3. The molecule has 2 heterocycles. The van der Waals surface area contributed by atoms with Crippen LogP contribution in [0, 0.1) is 6.92 Å². The number of carbonyl (C=O) groups is 1. The first-order valence-electron chi connectivity index (χ1n) is 6.25. The molecule has 0 N–H and O–H groups in total. The second-order valence-corrected chi connectivity index (χ2v) is 5.25. The molecular formula is C15H17NO2S. The fourth-order valence-electron chi connectivity index (χ4n) is 1.74. The second kappa shape index (κ2) is 6.38. The molecule has 2 rings (SSSR count). The van der Waals surface area contributed by atoms with Crippen molar-refractivity contribution in [2.75, 3.05) is 6.54 Å². The first-order valence-corrected chi connectivity index (χ1v) is 7.13. The molecule has 0 saturated carbocycles. The van der Waals surface area contributed by atoms with E-state index < -0.39 is 0 Å². The zero-order chi connectivity index (χ0) is 13.7. The molecule has 100 valence electrons. The van der Waals surface area contributed by atoms with E-state index in [4.69, 9.17) is 4.42 Å². The first kappa shape index (κ1) is 13.6. The molecule has 19 heavy (non-hydrogen) atoms. The third-order valence-corrected chi connectivity index (χ3v) is 3.63. The molecule has 0 saturated heterocycles. The summed E-state index contributed by atoms with van der Waals surface area (Å²) >= 11 is 1.67. The van der Waals surface area contributed by atoms with E-state index >= 15 is 0 Å². The fourth-order valence-corrected chi connectivity index (χ4v) is 2.46. The third-order valence-electron chi connectivity index (χ3n) is 2.77. The van der Waals surface area contributed by atoms with Crippen LogP contribution in [-0.2, 0) is 11.3 Å². The van der Waals surface area contributed by atoms with E-state index in [1.54, 1.807) is 28.4 Å². The number of nitrogens with zero attached hydrogens (tertiary/aromatic N) is 1. The molecule has 2 aromatic heterocycles. The SMILES string of the molecule is CCN(Cc1cccs1)C(=O)C=Cc1ccc(C)o1. The number of likely N-dealkylation sites (N-methyl/N-ethyl adjacent to an activating group) is 1. The standard InChI is InChI=1S/C15H17NO2S/c1-3-16(11-14-5-4-10-19-14)15(17)9-8-13-7-6-12(2)18-13/h4-10H,3,11H2,1-2H3. The summed E-state index contributed by atoms with van der Waals surface area (Å²) in [6.07, 6.45) is 3.28. The van der Waals surface area contributed by atoms with E-state index in [0.717, 1.165) is 5.76 Å². The Balaban J connectivity index is 1.98. The van der Waals surface area contributed by atoms with Crippen LogP contribution in [0.2, 0.25) is 0 Å². The van der Waals surface area contributed by atoms with Gasteiger partial charge in [-0.05, 0) is 43.5 Å². The molecule has 0 aromatic carbocycles. The van der Waals surface area contributed by atoms with Gasteiger partial charge in [0.2, 0.25) is 5.91 Å². The Morgan fingerprint density at radius 1 is 1.42 bits per heavy atom. The van der Waals surface area contributed by atoms with Crippen molar-refractivity contribution in [2.45, 2.75) is 20.4 Å². The fraction of sp³-hybridized carbons (Fsp3) is 0.267. The smallest absolute Gasteiger partial charge is 0.247 e. The van der Waals surface area contributed by atoms with Gasteiger partial charge in [-0.1, -0.05) is 6.07 Å². The number of thiophene rings is 1. The lowest BCUT2D eigenvalue weighted by Crippen LogP contribution is -2.28. The van der Waals surface area contributed by atoms with Crippen molar-refractivity contribution in [3.63, 3.8) is 0 Å². The van der Waals surface area contributed by atoms with Gasteiger partial charge < -0.3 is 9.32 Å². The summed E-state index contributed by atoms with van der Waals surface area (Å²) in [5.74, 6) is 1.56. The van der Waals surface area contributed by atoms with Crippen molar-refractivity contribution >= 4 is 23.3 Å². The van der Waals surface area contributed by atoms with Crippen molar-refractivity contribution in [1.29, 1.82) is 0 Å². The van der Waals surface area contributed by atoms with Crippen molar-refractivity contribution in [2.24, 2.45) is 0 Å². The molecule has 4 heteroatoms. The van der Waals surface area contributed by atoms with Gasteiger partial charge in [-0.2, -0.15) is 0 Å². The average Bonchev–Trinajstić information content (AvgIpc) is 3.04. The Morgan fingerprint density at radius 2 is 2.26 bits per heavy atom. The summed E-state index contributed by atoms with van der Waals surface area (Å²) < 4.78 is 5.40. The van der Waals surface area contributed by atoms with Crippen LogP contribution in [0.1, 0.15) is 23.3 Å². The van der Waals surface area contributed by atoms with E-state index in [0.29, 0.717) is 18.8 Å². The number of furan rings is 1. The molecule has 2 aromatic rings. The number of hydrogen-bond acceptors (Lipinski definition) is 3. The van der Waals surface area contributed by atoms with Gasteiger partial charge in [-0.3, -0.25) is 4.79 Å². The average molecular weight is 275 g/mol. The summed E-state index contributed by atoms with van der Waals surface area (Å²) in [6.45, 7) is 5.22. The topological polar surface area (TPSA) is 33.5 Å². The van der Waals surface area contributed by atoms with Crippen molar-refractivity contribution in [3.05, 3.63) is 52.1 Å². The third kappa shape index (κ3) is 3.83. The minimum absolute atomic E-state index is 0.00459. The monoisotopic (exact) mass is 275 g/mol. The molecule has 0 bridgehead atoms. The number of hydrogen-bond donors (Lipinski definition) is 0. The quantitative estimate of drug-likeness (QED) is 0.779. The zero-order valence-corrected chi connectivity index (χ0v) is 11.9. The summed E-state index contributed by atoms with van der Waals surface area (Å²) in [5, 5.41) is 2.02. The Morgan fingerprint density at radius 3 is 2.84 bits per heavy atom. The van der Waals surface area contributed by atoms with Crippen LogP contribution in [0.4, 0.5) is 0 Å². The molecule has 0 aliphatic carbocycles. The Labute approximate surface area is 117 Å². The van der Waals surface area contributed by atoms with Crippen LogP contribution in [0.15, 0.2) is 40.1 Å². The number of carbonyl (C=O) groups excluding carboxylic acids is 1. The molecular weight excluding hydrogens is 258 g/mol. The van der Waals surface area contributed by atoms with Crippen LogP contribution in [0.25, 0.3) is 6.08 Å². The molecule has 0 aliphatic heterocycles. The predicted octanol–water partition coefficient (Wildman–Crippen LogP) is 3.71. The summed E-state index contributed by atoms with van der Waals surface area (Å²) in [5.41, 5.74) is 0. The highest BCUT2D eigenvalue weighted by Gasteiger charge is 2.09. The minimum Gasteiger partial charge on any atom is -0.462 e. The Bertz CT molecular complexity index is 554. The van der Waals surface area contributed by atoms with E-state index in [9.17, 15) is 4.79 Å². The van der Waals surface area contributed by atoms with Crippen molar-refractivity contribution in [1.82, 2.24) is 4.90 Å². The van der Waals surface area contributed by atoms with E-state index in [1.807, 2.05) is 43.5 Å². The number of amides is 1. The highest BCUT2D eigenvalue weighted by Crippen LogP contribution is 2.13. The largest absolute Gasteiger partial charge is 0.462 e. The van der Waals surface area contributed by atoms with Gasteiger partial charge in [0, 0.05) is 17.5 Å². The molecule has 0 unspecified atom stereocenters. The van der Waals surface area contributed by atoms with Gasteiger partial charge in [0.25, 0.3) is 0 Å². The van der Waals surface area contributed by atoms with Gasteiger partial charge in [-0.25, -0.2) is 0 Å². The Kier molecular flexibility index (Phi) is 4.58. The second-order valence-electron chi connectivity index (χ2n) is 4.21. The van der Waals surface area contributed by atoms with Gasteiger partial charge in [0.05, 0.1) is 6.54 Å². The maximum absolute atomic E-state index is 12.1. The normalized spacial score (nSPS) is 11.1. The van der Waals surface area contributed by atoms with Gasteiger partial charge in [0.15, 0.2) is 0 Å². The van der Waals surface area contributed by atoms with E-state index in [2.05, 4.69) is 0 Å². The number of aryl methyl sites for hydroxylation is 1. The Hall–Kier alpha value is -1.81. The van der Waals surface area contributed by atoms with Crippen LogP contribution < -0.4 is 0 Å². The summed E-state index contributed by atoms with van der Waals surface area (Å²) in [4.78, 5) is 15.1. The molecule has 1 amide bonds.